The number of nitrogens with zero attached hydrogens (tertiary/aromatic N) is 1. The fourth-order valence-corrected chi connectivity index (χ4v) is 4.31. The largest absolute Gasteiger partial charge is 0.415 e. The molecule has 46 heavy (non-hydrogen) atoms. The van der Waals surface area contributed by atoms with Crippen LogP contribution >= 0.6 is 23.9 Å². The van der Waals surface area contributed by atoms with Crippen molar-refractivity contribution in [3.05, 3.63) is 119 Å². The fourth-order valence-electron chi connectivity index (χ4n) is 4.31. The highest BCUT2D eigenvalue weighted by atomic mass is 35.5. The van der Waals surface area contributed by atoms with Crippen LogP contribution in [0, 0.1) is 17.2 Å². The van der Waals surface area contributed by atoms with Crippen LogP contribution in [-0.2, 0) is 8.53 Å². The molecule has 11 heteroatoms. The van der Waals surface area contributed by atoms with E-state index in [4.69, 9.17) is 5.26 Å². The second-order valence-corrected chi connectivity index (χ2v) is 11.9. The number of aliphatic hydroxyl groups is 1. The molecule has 0 bridgehead atoms. The number of allylic oxidation sites excluding steroid dienone is 2. The smallest absolute Gasteiger partial charge is 0.384 e. The highest BCUT2D eigenvalue weighted by molar-refractivity contribution is 7.94. The first-order valence-electron chi connectivity index (χ1n) is 14.7. The molecule has 2 aliphatic rings. The van der Waals surface area contributed by atoms with Crippen LogP contribution in [0.3, 0.4) is 0 Å². The lowest BCUT2D eigenvalue weighted by atomic mass is 9.79. The molecule has 3 aromatic carbocycles. The van der Waals surface area contributed by atoms with Crippen LogP contribution in [0.5, 0.6) is 0 Å². The van der Waals surface area contributed by atoms with Crippen molar-refractivity contribution < 1.29 is 26.8 Å². The Morgan fingerprint density at radius 3 is 2.13 bits per heavy atom. The Morgan fingerprint density at radius 1 is 1.04 bits per heavy atom. The van der Waals surface area contributed by atoms with Gasteiger partial charge < -0.3 is 15.7 Å². The van der Waals surface area contributed by atoms with E-state index in [2.05, 4.69) is 45.8 Å². The Hall–Kier alpha value is -3.75. The number of aliphatic hydroxyl groups excluding tert-OH is 1. The Kier molecular flexibility index (Phi) is 14.2. The molecule has 6 nitrogen and oxygen atoms in total. The number of halogens is 4. The van der Waals surface area contributed by atoms with Gasteiger partial charge in [-0.25, -0.2) is 3.74 Å². The number of nitriles is 1. The maximum atomic E-state index is 13.2. The minimum atomic E-state index is -4.74. The summed E-state index contributed by atoms with van der Waals surface area (Å²) in [6.45, 7) is 5.30. The van der Waals surface area contributed by atoms with E-state index >= 15 is 0 Å². The number of carbonyl (C=O) groups is 1. The summed E-state index contributed by atoms with van der Waals surface area (Å²) in [5.74, 6) is 0.738. The highest BCUT2D eigenvalue weighted by Gasteiger charge is 2.31. The average Bonchev–Trinajstić information content (AvgIpc) is 3.81. The van der Waals surface area contributed by atoms with Crippen molar-refractivity contribution >= 4 is 41.2 Å². The number of hydrogen-bond acceptors (Lipinski definition) is 6. The molecule has 3 aromatic rings. The summed E-state index contributed by atoms with van der Waals surface area (Å²) in [5.41, 5.74) is 1.61. The number of alkyl halides is 3. The molecule has 0 spiro atoms. The normalized spacial score (nSPS) is 15.0. The van der Waals surface area contributed by atoms with Gasteiger partial charge in [-0.05, 0) is 77.8 Å². The zero-order valence-electron chi connectivity index (χ0n) is 25.6. The van der Waals surface area contributed by atoms with Crippen LogP contribution in [-0.4, -0.2) is 23.4 Å². The molecule has 244 valence electrons. The third-order valence-corrected chi connectivity index (χ3v) is 7.89. The standard InChI is InChI=1S/C30H26F3N3O2.C4H8.CH3ClOS/c1-19(30(31,32)33)14-27(35-25-12-2-6-20(15-25)18-34)29(38)36-26-13-5-11-24(17-26)28(37)23-10-4-9-22(16-23)21-7-3-8-21;1-4-2-3-4;1-4-3-2/h2,4-6,9-17,21,28,35,37H,1,3,7-8H2,(H,36,38);4H,2-3H2,1H3;1H3/b27-14-;;. The van der Waals surface area contributed by atoms with E-state index in [1.165, 1.54) is 43.0 Å². The van der Waals surface area contributed by atoms with Gasteiger partial charge in [0.05, 0.1) is 29.1 Å². The summed E-state index contributed by atoms with van der Waals surface area (Å²) in [7, 11) is 0. The van der Waals surface area contributed by atoms with Gasteiger partial charge in [0.15, 0.2) is 0 Å². The molecule has 5 rings (SSSR count). The first-order valence-corrected chi connectivity index (χ1v) is 16.2. The molecule has 1 atom stereocenters. The van der Waals surface area contributed by atoms with Gasteiger partial charge in [-0.1, -0.05) is 75.2 Å². The van der Waals surface area contributed by atoms with E-state index in [-0.39, 0.29) is 16.9 Å². The van der Waals surface area contributed by atoms with Crippen LogP contribution in [0.4, 0.5) is 24.5 Å². The summed E-state index contributed by atoms with van der Waals surface area (Å²) in [5, 5.41) is 25.4. The minimum Gasteiger partial charge on any atom is -0.384 e. The van der Waals surface area contributed by atoms with Crippen LogP contribution < -0.4 is 10.6 Å². The Bertz CT molecular complexity index is 1550. The first kappa shape index (κ1) is 36.7. The maximum absolute atomic E-state index is 13.2. The zero-order chi connectivity index (χ0) is 33.7. The monoisotopic (exact) mass is 671 g/mol. The number of rotatable bonds is 9. The SMILES string of the molecule is C=C(/C=C(\Nc1cccc(C#N)c1)C(=O)Nc1cccc(C(O)c2cccc(C3CCC3)c2)c1)C(F)(F)F.CC1CC1.CSOCl. The van der Waals surface area contributed by atoms with Gasteiger partial charge in [0.2, 0.25) is 0 Å². The highest BCUT2D eigenvalue weighted by Crippen LogP contribution is 2.37. The predicted octanol–water partition coefficient (Wildman–Crippen LogP) is 9.81. The number of hydrogen-bond donors (Lipinski definition) is 3. The second-order valence-electron chi connectivity index (χ2n) is 11.1. The Labute approximate surface area is 277 Å². The van der Waals surface area contributed by atoms with Crippen LogP contribution in [0.1, 0.15) is 73.3 Å². The molecule has 0 aromatic heterocycles. The minimum absolute atomic E-state index is 0.260. The van der Waals surface area contributed by atoms with Gasteiger partial charge in [0.1, 0.15) is 11.8 Å². The van der Waals surface area contributed by atoms with Crippen molar-refractivity contribution in [3.8, 4) is 6.07 Å². The number of amides is 1. The third kappa shape index (κ3) is 11.9. The lowest BCUT2D eigenvalue weighted by molar-refractivity contribution is -0.112. The van der Waals surface area contributed by atoms with E-state index in [1.54, 1.807) is 36.6 Å². The molecule has 1 amide bonds. The molecule has 0 radical (unpaired) electrons. The quantitative estimate of drug-likeness (QED) is 0.119. The average molecular weight is 672 g/mol. The van der Waals surface area contributed by atoms with E-state index in [9.17, 15) is 23.1 Å². The maximum Gasteiger partial charge on any atom is 0.415 e. The second kappa shape index (κ2) is 17.8. The van der Waals surface area contributed by atoms with Crippen molar-refractivity contribution in [2.45, 2.75) is 57.2 Å². The van der Waals surface area contributed by atoms with Gasteiger partial charge in [-0.3, -0.25) is 4.79 Å². The van der Waals surface area contributed by atoms with Gasteiger partial charge >= 0.3 is 6.18 Å². The lowest BCUT2D eigenvalue weighted by Crippen LogP contribution is -2.21. The number of nitrogens with one attached hydrogen (secondary N) is 2. The number of carbonyl (C=O) groups excluding carboxylic acids is 1. The summed E-state index contributed by atoms with van der Waals surface area (Å²) >= 11 is 5.77. The molecule has 1 unspecified atom stereocenters. The fraction of sp³-hybridized carbons (Fsp3) is 0.314. The predicted molar refractivity (Wildman–Crippen MR) is 179 cm³/mol. The van der Waals surface area contributed by atoms with Gasteiger partial charge in [0, 0.05) is 29.7 Å². The summed E-state index contributed by atoms with van der Waals surface area (Å²) in [4.78, 5) is 13.1. The van der Waals surface area contributed by atoms with Crippen molar-refractivity contribution in [3.63, 3.8) is 0 Å². The summed E-state index contributed by atoms with van der Waals surface area (Å²) in [6, 6.07) is 22.2. The molecule has 0 heterocycles. The van der Waals surface area contributed by atoms with Crippen molar-refractivity contribution in [1.82, 2.24) is 0 Å². The number of anilines is 2. The van der Waals surface area contributed by atoms with Crippen molar-refractivity contribution in [1.29, 1.82) is 5.26 Å². The molecular weight excluding hydrogens is 635 g/mol. The van der Waals surface area contributed by atoms with E-state index in [1.807, 2.05) is 24.3 Å². The van der Waals surface area contributed by atoms with E-state index in [0.29, 0.717) is 17.6 Å². The molecule has 2 fully saturated rings. The molecule has 0 saturated heterocycles. The van der Waals surface area contributed by atoms with Crippen molar-refractivity contribution in [2.75, 3.05) is 16.9 Å². The zero-order valence-corrected chi connectivity index (χ0v) is 27.2. The summed E-state index contributed by atoms with van der Waals surface area (Å²) < 4.78 is 43.5. The van der Waals surface area contributed by atoms with Crippen LogP contribution in [0.2, 0.25) is 0 Å². The van der Waals surface area contributed by atoms with Crippen LogP contribution in [0.15, 0.2) is 96.7 Å². The van der Waals surface area contributed by atoms with Crippen LogP contribution in [0.25, 0.3) is 0 Å². The molecule has 0 aliphatic heterocycles. The molecule has 3 N–H and O–H groups in total. The first-order chi connectivity index (χ1) is 21.9. The Morgan fingerprint density at radius 2 is 1.61 bits per heavy atom. The molecular formula is C35H37ClF3N3O3S. The number of benzene rings is 3. The molecule has 2 aliphatic carbocycles. The van der Waals surface area contributed by atoms with Gasteiger partial charge in [-0.2, -0.15) is 18.4 Å². The topological polar surface area (TPSA) is 94.4 Å². The Balaban J connectivity index is 0.000000635. The summed E-state index contributed by atoms with van der Waals surface area (Å²) in [6.07, 6.45) is 3.11. The van der Waals surface area contributed by atoms with Gasteiger partial charge in [-0.15, -0.1) is 0 Å². The van der Waals surface area contributed by atoms with E-state index < -0.39 is 29.5 Å². The van der Waals surface area contributed by atoms with E-state index in [0.717, 1.165) is 36.4 Å². The van der Waals surface area contributed by atoms with Gasteiger partial charge in [0.25, 0.3) is 5.91 Å². The molecule has 2 saturated carbocycles. The lowest BCUT2D eigenvalue weighted by Gasteiger charge is -2.26. The van der Waals surface area contributed by atoms with Crippen molar-refractivity contribution in [2.24, 2.45) is 5.92 Å². The third-order valence-electron chi connectivity index (χ3n) is 7.39.